The van der Waals surface area contributed by atoms with Crippen molar-refractivity contribution in [3.05, 3.63) is 46.7 Å². The van der Waals surface area contributed by atoms with Crippen LogP contribution in [0.5, 0.6) is 0 Å². The molecule has 0 bridgehead atoms. The first-order chi connectivity index (χ1) is 14.8. The molecule has 3 aromatic rings. The van der Waals surface area contributed by atoms with Crippen LogP contribution in [-0.2, 0) is 9.84 Å². The molecule has 0 saturated carbocycles. The van der Waals surface area contributed by atoms with E-state index >= 15 is 0 Å². The first-order valence-electron chi connectivity index (χ1n) is 10.6. The molecule has 1 atom stereocenters. The van der Waals surface area contributed by atoms with Crippen LogP contribution in [-0.4, -0.2) is 77.4 Å². The third-order valence-corrected chi connectivity index (χ3v) is 9.16. The quantitative estimate of drug-likeness (QED) is 0.603. The highest BCUT2D eigenvalue weighted by atomic mass is 32.2. The van der Waals surface area contributed by atoms with Gasteiger partial charge in [0.15, 0.2) is 9.84 Å². The molecule has 0 spiro atoms. The van der Waals surface area contributed by atoms with Crippen molar-refractivity contribution >= 4 is 37.3 Å². The van der Waals surface area contributed by atoms with Gasteiger partial charge < -0.3 is 9.47 Å². The molecule has 2 aliphatic heterocycles. The number of carbonyl (C=O) groups is 1. The van der Waals surface area contributed by atoms with Crippen LogP contribution in [0.4, 0.5) is 0 Å². The Kier molecular flexibility index (Phi) is 5.15. The Morgan fingerprint density at radius 1 is 1.13 bits per heavy atom. The fraction of sp³-hybridized carbons (Fsp3) is 0.455. The number of fused-ring (bicyclic) bond motifs is 1. The Morgan fingerprint density at radius 3 is 2.48 bits per heavy atom. The van der Waals surface area contributed by atoms with E-state index in [-0.39, 0.29) is 23.5 Å². The number of amides is 1. The van der Waals surface area contributed by atoms with E-state index in [9.17, 15) is 13.2 Å². The normalized spacial score (nSPS) is 21.7. The largest absolute Gasteiger partial charge is 0.335 e. The van der Waals surface area contributed by atoms with E-state index in [0.29, 0.717) is 37.5 Å². The van der Waals surface area contributed by atoms with Crippen LogP contribution in [0.25, 0.3) is 15.9 Å². The molecule has 5 rings (SSSR count). The number of thiophene rings is 1. The van der Waals surface area contributed by atoms with Gasteiger partial charge in [-0.1, -0.05) is 0 Å². The van der Waals surface area contributed by atoms with Crippen LogP contribution >= 0.6 is 11.3 Å². The van der Waals surface area contributed by atoms with Crippen LogP contribution in [0.2, 0.25) is 0 Å². The summed E-state index contributed by atoms with van der Waals surface area (Å²) in [6, 6.07) is 6.08. The molecule has 3 aromatic heterocycles. The predicted molar refractivity (Wildman–Crippen MR) is 123 cm³/mol. The number of hydrogen-bond donors (Lipinski definition) is 0. The first-order valence-corrected chi connectivity index (χ1v) is 13.2. The minimum absolute atomic E-state index is 0.0300. The average Bonchev–Trinajstić information content (AvgIpc) is 3.45. The average molecular weight is 459 g/mol. The molecule has 31 heavy (non-hydrogen) atoms. The molecule has 2 aliphatic rings. The summed E-state index contributed by atoms with van der Waals surface area (Å²) in [5, 5.41) is 1.03. The van der Waals surface area contributed by atoms with Crippen molar-refractivity contribution < 1.29 is 13.2 Å². The number of pyridine rings is 1. The van der Waals surface area contributed by atoms with Gasteiger partial charge in [0.05, 0.1) is 17.2 Å². The maximum absolute atomic E-state index is 13.6. The first kappa shape index (κ1) is 20.7. The highest BCUT2D eigenvalue weighted by molar-refractivity contribution is 7.91. The third kappa shape index (κ3) is 3.79. The summed E-state index contributed by atoms with van der Waals surface area (Å²) in [7, 11) is -2.90. The molecule has 2 saturated heterocycles. The van der Waals surface area contributed by atoms with Crippen LogP contribution < -0.4 is 0 Å². The number of hydrogen-bond acceptors (Lipinski definition) is 6. The molecule has 0 aromatic carbocycles. The Bertz CT molecular complexity index is 1240. The van der Waals surface area contributed by atoms with Crippen molar-refractivity contribution in [1.82, 2.24) is 19.4 Å². The highest BCUT2D eigenvalue weighted by Crippen LogP contribution is 2.36. The molecule has 1 amide bonds. The Balaban J connectivity index is 1.43. The van der Waals surface area contributed by atoms with Gasteiger partial charge in [-0.2, -0.15) is 0 Å². The van der Waals surface area contributed by atoms with Crippen molar-refractivity contribution in [2.24, 2.45) is 0 Å². The summed E-state index contributed by atoms with van der Waals surface area (Å²) in [5.74, 6) is 0.562. The van der Waals surface area contributed by atoms with E-state index in [1.807, 2.05) is 40.9 Å². The van der Waals surface area contributed by atoms with Gasteiger partial charge in [-0.05, 0) is 44.0 Å². The maximum atomic E-state index is 13.6. The third-order valence-electron chi connectivity index (χ3n) is 6.35. The summed E-state index contributed by atoms with van der Waals surface area (Å²) < 4.78 is 25.7. The highest BCUT2D eigenvalue weighted by Gasteiger charge is 2.35. The SMILES string of the molecule is Cc1cc(C)c2c(-n3cccc3)c(C(=O)N3CCN(C4CCS(=O)(=O)C4)CC3)sc2n1. The molecular formula is C22H26N4O3S2. The van der Waals surface area contributed by atoms with E-state index in [2.05, 4.69) is 17.9 Å². The van der Waals surface area contributed by atoms with Gasteiger partial charge in [0.2, 0.25) is 0 Å². The van der Waals surface area contributed by atoms with Crippen LogP contribution in [0.3, 0.4) is 0 Å². The zero-order valence-corrected chi connectivity index (χ0v) is 19.4. The second-order valence-electron chi connectivity index (χ2n) is 8.52. The smallest absolute Gasteiger partial charge is 0.266 e. The second-order valence-corrected chi connectivity index (χ2v) is 11.7. The topological polar surface area (TPSA) is 75.5 Å². The Morgan fingerprint density at radius 2 is 1.84 bits per heavy atom. The lowest BCUT2D eigenvalue weighted by Crippen LogP contribution is -2.52. The van der Waals surface area contributed by atoms with E-state index in [0.717, 1.165) is 27.2 Å². The summed E-state index contributed by atoms with van der Waals surface area (Å²) in [4.78, 5) is 24.0. The second kappa shape index (κ2) is 7.72. The van der Waals surface area contributed by atoms with Crippen LogP contribution in [0.1, 0.15) is 27.3 Å². The Labute approximate surface area is 186 Å². The van der Waals surface area contributed by atoms with Crippen molar-refractivity contribution in [1.29, 1.82) is 0 Å². The monoisotopic (exact) mass is 458 g/mol. The molecule has 1 unspecified atom stereocenters. The molecule has 2 fully saturated rings. The van der Waals surface area contributed by atoms with Crippen LogP contribution in [0, 0.1) is 13.8 Å². The van der Waals surface area contributed by atoms with Gasteiger partial charge in [-0.25, -0.2) is 13.4 Å². The number of piperazine rings is 1. The maximum Gasteiger partial charge on any atom is 0.266 e. The lowest BCUT2D eigenvalue weighted by molar-refractivity contribution is 0.0592. The molecule has 0 aliphatic carbocycles. The zero-order chi connectivity index (χ0) is 21.8. The van der Waals surface area contributed by atoms with Gasteiger partial charge in [-0.15, -0.1) is 11.3 Å². The summed E-state index contributed by atoms with van der Waals surface area (Å²) in [6.07, 6.45) is 4.64. The lowest BCUT2D eigenvalue weighted by Gasteiger charge is -2.37. The molecule has 0 N–H and O–H groups in total. The fourth-order valence-corrected chi connectivity index (χ4v) is 7.82. The number of sulfone groups is 1. The van der Waals surface area contributed by atoms with Crippen molar-refractivity contribution in [3.8, 4) is 5.69 Å². The minimum atomic E-state index is -2.90. The number of aryl methyl sites for hydroxylation is 2. The summed E-state index contributed by atoms with van der Waals surface area (Å²) in [5.41, 5.74) is 2.97. The molecule has 7 nitrogen and oxygen atoms in total. The van der Waals surface area contributed by atoms with Gasteiger partial charge in [-0.3, -0.25) is 9.69 Å². The molecule has 164 valence electrons. The molecule has 9 heteroatoms. The Hall–Kier alpha value is -2.23. The summed E-state index contributed by atoms with van der Waals surface area (Å²) in [6.45, 7) is 6.70. The molecular weight excluding hydrogens is 432 g/mol. The number of rotatable bonds is 3. The number of nitrogens with zero attached hydrogens (tertiary/aromatic N) is 4. The van der Waals surface area contributed by atoms with E-state index in [1.165, 1.54) is 11.3 Å². The number of aromatic nitrogens is 2. The van der Waals surface area contributed by atoms with Gasteiger partial charge in [0, 0.05) is 55.7 Å². The van der Waals surface area contributed by atoms with Crippen molar-refractivity contribution in [3.63, 3.8) is 0 Å². The summed E-state index contributed by atoms with van der Waals surface area (Å²) >= 11 is 1.46. The molecule has 5 heterocycles. The lowest BCUT2D eigenvalue weighted by atomic mass is 10.1. The van der Waals surface area contributed by atoms with Gasteiger partial charge in [0.25, 0.3) is 5.91 Å². The zero-order valence-electron chi connectivity index (χ0n) is 17.7. The standard InChI is InChI=1S/C22H26N4O3S2/c1-15-13-16(2)23-21-18(15)19(25-6-3-4-7-25)20(30-21)22(27)26-10-8-24(9-11-26)17-5-12-31(28,29)14-17/h3-4,6-7,13,17H,5,8-12,14H2,1-2H3. The number of carbonyl (C=O) groups excluding carboxylic acids is 1. The van der Waals surface area contributed by atoms with Crippen molar-refractivity contribution in [2.75, 3.05) is 37.7 Å². The molecule has 0 radical (unpaired) electrons. The van der Waals surface area contributed by atoms with Crippen LogP contribution in [0.15, 0.2) is 30.6 Å². The fourth-order valence-electron chi connectivity index (χ4n) is 4.79. The van der Waals surface area contributed by atoms with E-state index in [4.69, 9.17) is 4.98 Å². The predicted octanol–water partition coefficient (Wildman–Crippen LogP) is 2.65. The van der Waals surface area contributed by atoms with E-state index in [1.54, 1.807) is 0 Å². The van der Waals surface area contributed by atoms with Crippen molar-refractivity contribution in [2.45, 2.75) is 26.3 Å². The minimum Gasteiger partial charge on any atom is -0.335 e. The van der Waals surface area contributed by atoms with Gasteiger partial charge >= 0.3 is 0 Å². The van der Waals surface area contributed by atoms with Gasteiger partial charge in [0.1, 0.15) is 9.71 Å². The van der Waals surface area contributed by atoms with E-state index < -0.39 is 9.84 Å².